The van der Waals surface area contributed by atoms with Crippen LogP contribution in [0.3, 0.4) is 0 Å². The Balaban J connectivity index is 2.62. The average molecular weight is 208 g/mol. The van der Waals surface area contributed by atoms with Crippen LogP contribution in [0.25, 0.3) is 0 Å². The number of rotatable bonds is 5. The number of nitrogens with zero attached hydrogens (tertiary/aromatic N) is 1. The zero-order chi connectivity index (χ0) is 11.3. The monoisotopic (exact) mass is 208 g/mol. The second-order valence-electron chi connectivity index (χ2n) is 3.44. The summed E-state index contributed by atoms with van der Waals surface area (Å²) in [7, 11) is 0. The molecule has 1 heterocycles. The second-order valence-corrected chi connectivity index (χ2v) is 3.44. The second kappa shape index (κ2) is 5.46. The van der Waals surface area contributed by atoms with E-state index in [9.17, 15) is 4.79 Å². The Morgan fingerprint density at radius 1 is 1.60 bits per heavy atom. The first-order valence-electron chi connectivity index (χ1n) is 5.05. The lowest BCUT2D eigenvalue weighted by Gasteiger charge is -2.18. The Morgan fingerprint density at radius 2 is 2.33 bits per heavy atom. The van der Waals surface area contributed by atoms with Crippen LogP contribution in [0.1, 0.15) is 32.0 Å². The number of aliphatic carboxylic acids is 1. The summed E-state index contributed by atoms with van der Waals surface area (Å²) in [6.45, 7) is 3.75. The summed E-state index contributed by atoms with van der Waals surface area (Å²) in [5, 5.41) is 11.9. The van der Waals surface area contributed by atoms with Crippen molar-refractivity contribution < 1.29 is 9.90 Å². The Hall–Kier alpha value is -1.42. The molecular weight excluding hydrogens is 192 g/mol. The first kappa shape index (κ1) is 11.7. The SMILES string of the molecule is CCC(NC(C)c1ccccn1)C(=O)O. The Morgan fingerprint density at radius 3 is 2.80 bits per heavy atom. The van der Waals surface area contributed by atoms with Crippen molar-refractivity contribution >= 4 is 5.97 Å². The molecule has 2 N–H and O–H groups in total. The van der Waals surface area contributed by atoms with Gasteiger partial charge in [0, 0.05) is 12.2 Å². The van der Waals surface area contributed by atoms with Crippen LogP contribution in [0, 0.1) is 0 Å². The molecule has 0 bridgehead atoms. The Labute approximate surface area is 89.3 Å². The minimum Gasteiger partial charge on any atom is -0.480 e. The van der Waals surface area contributed by atoms with E-state index in [0.717, 1.165) is 5.69 Å². The number of hydrogen-bond acceptors (Lipinski definition) is 3. The predicted molar refractivity (Wildman–Crippen MR) is 57.5 cm³/mol. The standard InChI is InChI=1S/C11H16N2O2/c1-3-9(11(14)15)13-8(2)10-6-4-5-7-12-10/h4-9,13H,3H2,1-2H3,(H,14,15). The molecule has 4 heteroatoms. The van der Waals surface area contributed by atoms with Crippen LogP contribution in [0.2, 0.25) is 0 Å². The van der Waals surface area contributed by atoms with Gasteiger partial charge in [0.1, 0.15) is 6.04 Å². The first-order chi connectivity index (χ1) is 7.15. The number of carboxylic acid groups (broad SMARTS) is 1. The third-order valence-electron chi connectivity index (χ3n) is 2.29. The van der Waals surface area contributed by atoms with Gasteiger partial charge in [-0.1, -0.05) is 13.0 Å². The van der Waals surface area contributed by atoms with Crippen molar-refractivity contribution in [1.29, 1.82) is 0 Å². The normalized spacial score (nSPS) is 14.5. The van der Waals surface area contributed by atoms with Crippen molar-refractivity contribution in [2.75, 3.05) is 0 Å². The summed E-state index contributed by atoms with van der Waals surface area (Å²) in [6, 6.07) is 5.05. The van der Waals surface area contributed by atoms with Crippen molar-refractivity contribution in [3.05, 3.63) is 30.1 Å². The number of nitrogens with one attached hydrogen (secondary N) is 1. The number of hydrogen-bond donors (Lipinski definition) is 2. The van der Waals surface area contributed by atoms with E-state index in [2.05, 4.69) is 10.3 Å². The molecule has 1 rings (SSSR count). The fraction of sp³-hybridized carbons (Fsp3) is 0.455. The van der Waals surface area contributed by atoms with Crippen LogP contribution in [-0.4, -0.2) is 22.1 Å². The van der Waals surface area contributed by atoms with Gasteiger partial charge in [-0.15, -0.1) is 0 Å². The molecule has 1 aromatic heterocycles. The van der Waals surface area contributed by atoms with Gasteiger partial charge < -0.3 is 5.11 Å². The van der Waals surface area contributed by atoms with E-state index in [1.807, 2.05) is 32.0 Å². The van der Waals surface area contributed by atoms with Crippen molar-refractivity contribution in [3.8, 4) is 0 Å². The number of aromatic nitrogens is 1. The maximum absolute atomic E-state index is 10.8. The summed E-state index contributed by atoms with van der Waals surface area (Å²) >= 11 is 0. The van der Waals surface area contributed by atoms with E-state index < -0.39 is 12.0 Å². The molecule has 4 nitrogen and oxygen atoms in total. The van der Waals surface area contributed by atoms with Crippen molar-refractivity contribution in [2.24, 2.45) is 0 Å². The molecule has 0 aliphatic heterocycles. The Kier molecular flexibility index (Phi) is 4.24. The zero-order valence-corrected chi connectivity index (χ0v) is 8.97. The molecule has 82 valence electrons. The van der Waals surface area contributed by atoms with Crippen LogP contribution < -0.4 is 5.32 Å². The highest BCUT2D eigenvalue weighted by molar-refractivity contribution is 5.73. The van der Waals surface area contributed by atoms with Gasteiger partial charge in [0.05, 0.1) is 5.69 Å². The maximum Gasteiger partial charge on any atom is 0.320 e. The molecule has 2 atom stereocenters. The molecule has 0 aliphatic carbocycles. The summed E-state index contributed by atoms with van der Waals surface area (Å²) in [5.41, 5.74) is 0.859. The van der Waals surface area contributed by atoms with Crippen LogP contribution in [-0.2, 0) is 4.79 Å². The molecule has 15 heavy (non-hydrogen) atoms. The van der Waals surface area contributed by atoms with Gasteiger partial charge in [0.2, 0.25) is 0 Å². The van der Waals surface area contributed by atoms with Gasteiger partial charge >= 0.3 is 5.97 Å². The summed E-state index contributed by atoms with van der Waals surface area (Å²) < 4.78 is 0. The van der Waals surface area contributed by atoms with Gasteiger partial charge in [-0.05, 0) is 25.5 Å². The third kappa shape index (κ3) is 3.32. The van der Waals surface area contributed by atoms with E-state index in [-0.39, 0.29) is 6.04 Å². The van der Waals surface area contributed by atoms with E-state index in [4.69, 9.17) is 5.11 Å². The highest BCUT2D eigenvalue weighted by Gasteiger charge is 2.18. The number of carbonyl (C=O) groups is 1. The molecule has 0 amide bonds. The van der Waals surface area contributed by atoms with Gasteiger partial charge in [-0.2, -0.15) is 0 Å². The number of carboxylic acids is 1. The molecule has 0 saturated heterocycles. The van der Waals surface area contributed by atoms with Crippen molar-refractivity contribution in [2.45, 2.75) is 32.4 Å². The summed E-state index contributed by atoms with van der Waals surface area (Å²) in [4.78, 5) is 15.0. The Bertz CT molecular complexity index is 314. The van der Waals surface area contributed by atoms with E-state index in [0.29, 0.717) is 6.42 Å². The average Bonchev–Trinajstić information content (AvgIpc) is 2.26. The van der Waals surface area contributed by atoms with Gasteiger partial charge in [-0.3, -0.25) is 15.1 Å². The molecule has 0 aromatic carbocycles. The molecule has 0 spiro atoms. The highest BCUT2D eigenvalue weighted by Crippen LogP contribution is 2.09. The fourth-order valence-electron chi connectivity index (χ4n) is 1.38. The molecule has 0 aliphatic rings. The van der Waals surface area contributed by atoms with Gasteiger partial charge in [0.15, 0.2) is 0 Å². The van der Waals surface area contributed by atoms with E-state index >= 15 is 0 Å². The molecule has 0 radical (unpaired) electrons. The van der Waals surface area contributed by atoms with Crippen LogP contribution in [0.15, 0.2) is 24.4 Å². The van der Waals surface area contributed by atoms with E-state index in [1.165, 1.54) is 0 Å². The van der Waals surface area contributed by atoms with Crippen molar-refractivity contribution in [3.63, 3.8) is 0 Å². The number of pyridine rings is 1. The highest BCUT2D eigenvalue weighted by atomic mass is 16.4. The molecule has 0 fully saturated rings. The minimum atomic E-state index is -0.819. The lowest BCUT2D eigenvalue weighted by Crippen LogP contribution is -2.37. The van der Waals surface area contributed by atoms with Crippen LogP contribution in [0.4, 0.5) is 0 Å². The van der Waals surface area contributed by atoms with Crippen LogP contribution >= 0.6 is 0 Å². The fourth-order valence-corrected chi connectivity index (χ4v) is 1.38. The maximum atomic E-state index is 10.8. The minimum absolute atomic E-state index is 0.0488. The van der Waals surface area contributed by atoms with Crippen LogP contribution in [0.5, 0.6) is 0 Å². The van der Waals surface area contributed by atoms with Gasteiger partial charge in [0.25, 0.3) is 0 Å². The topological polar surface area (TPSA) is 62.2 Å². The summed E-state index contributed by atoms with van der Waals surface area (Å²) in [6.07, 6.45) is 2.27. The summed E-state index contributed by atoms with van der Waals surface area (Å²) in [5.74, 6) is -0.819. The third-order valence-corrected chi connectivity index (χ3v) is 2.29. The molecule has 1 aromatic rings. The molecule has 2 unspecified atom stereocenters. The predicted octanol–water partition coefficient (Wildman–Crippen LogP) is 1.60. The first-order valence-corrected chi connectivity index (χ1v) is 5.05. The quantitative estimate of drug-likeness (QED) is 0.771. The lowest BCUT2D eigenvalue weighted by atomic mass is 10.1. The largest absolute Gasteiger partial charge is 0.480 e. The van der Waals surface area contributed by atoms with E-state index in [1.54, 1.807) is 6.20 Å². The van der Waals surface area contributed by atoms with Crippen molar-refractivity contribution in [1.82, 2.24) is 10.3 Å². The lowest BCUT2D eigenvalue weighted by molar-refractivity contribution is -0.139. The zero-order valence-electron chi connectivity index (χ0n) is 8.97. The molecule has 0 saturated carbocycles. The molecular formula is C11H16N2O2. The van der Waals surface area contributed by atoms with Gasteiger partial charge in [-0.25, -0.2) is 0 Å². The smallest absolute Gasteiger partial charge is 0.320 e.